The molecule has 1 heterocycles. The molecule has 0 aliphatic rings. The molecule has 0 saturated carbocycles. The first-order valence-electron chi connectivity index (χ1n) is 4.61. The molecule has 0 aliphatic carbocycles. The van der Waals surface area contributed by atoms with E-state index in [0.717, 1.165) is 10.0 Å². The van der Waals surface area contributed by atoms with Gasteiger partial charge in [-0.2, -0.15) is 11.3 Å². The molecule has 1 aromatic carbocycles. The summed E-state index contributed by atoms with van der Waals surface area (Å²) in [7, 11) is -1.08. The Balaban J connectivity index is 2.24. The van der Waals surface area contributed by atoms with Crippen LogP contribution in [0.3, 0.4) is 0 Å². The summed E-state index contributed by atoms with van der Waals surface area (Å²) < 4.78 is 13.0. The Morgan fingerprint density at radius 2 is 2.19 bits per heavy atom. The Hall–Kier alpha value is -0.650. The molecule has 0 aliphatic heterocycles. The highest BCUT2D eigenvalue weighted by Crippen LogP contribution is 2.23. The fourth-order valence-corrected chi connectivity index (χ4v) is 3.82. The first-order chi connectivity index (χ1) is 7.66. The van der Waals surface area contributed by atoms with E-state index in [2.05, 4.69) is 15.9 Å². The topological polar surface area (TPSA) is 43.1 Å². The van der Waals surface area contributed by atoms with E-state index in [1.54, 1.807) is 17.4 Å². The second-order valence-corrected chi connectivity index (χ2v) is 6.42. The van der Waals surface area contributed by atoms with E-state index in [1.807, 2.05) is 29.0 Å². The van der Waals surface area contributed by atoms with E-state index < -0.39 is 10.8 Å². The summed E-state index contributed by atoms with van der Waals surface area (Å²) in [5.41, 5.74) is 7.47. The van der Waals surface area contributed by atoms with E-state index in [-0.39, 0.29) is 0 Å². The van der Waals surface area contributed by atoms with Crippen LogP contribution in [0.5, 0.6) is 0 Å². The summed E-state index contributed by atoms with van der Waals surface area (Å²) in [5, 5.41) is 3.99. The number of benzene rings is 1. The zero-order chi connectivity index (χ0) is 11.5. The molecule has 2 nitrogen and oxygen atoms in total. The molecule has 0 saturated heterocycles. The molecule has 1 atom stereocenters. The van der Waals surface area contributed by atoms with Crippen molar-refractivity contribution in [2.75, 3.05) is 5.73 Å². The maximum Gasteiger partial charge on any atom is 0.0632 e. The number of thiophene rings is 1. The molecule has 0 amide bonds. The van der Waals surface area contributed by atoms with Gasteiger partial charge in [-0.25, -0.2) is 0 Å². The highest BCUT2D eigenvalue weighted by molar-refractivity contribution is 9.10. The Bertz CT molecular complexity index is 511. The van der Waals surface area contributed by atoms with Gasteiger partial charge in [0.25, 0.3) is 0 Å². The van der Waals surface area contributed by atoms with Crippen LogP contribution < -0.4 is 5.73 Å². The Morgan fingerprint density at radius 1 is 1.38 bits per heavy atom. The van der Waals surface area contributed by atoms with Gasteiger partial charge in [0, 0.05) is 10.2 Å². The second-order valence-electron chi connectivity index (χ2n) is 3.30. The molecule has 2 N–H and O–H groups in total. The van der Waals surface area contributed by atoms with E-state index in [1.165, 1.54) is 0 Å². The van der Waals surface area contributed by atoms with Gasteiger partial charge in [-0.3, -0.25) is 4.21 Å². The largest absolute Gasteiger partial charge is 0.398 e. The minimum atomic E-state index is -1.08. The molecule has 1 unspecified atom stereocenters. The lowest BCUT2D eigenvalue weighted by Gasteiger charge is -2.05. The highest BCUT2D eigenvalue weighted by Gasteiger charge is 2.09. The quantitative estimate of drug-likeness (QED) is 0.882. The van der Waals surface area contributed by atoms with Gasteiger partial charge in [0.05, 0.1) is 21.4 Å². The Labute approximate surface area is 109 Å². The molecule has 1 aromatic heterocycles. The smallest absolute Gasteiger partial charge is 0.0632 e. The third-order valence-electron chi connectivity index (χ3n) is 2.10. The van der Waals surface area contributed by atoms with Crippen LogP contribution in [-0.4, -0.2) is 4.21 Å². The van der Waals surface area contributed by atoms with Crippen molar-refractivity contribution in [3.05, 3.63) is 45.1 Å². The van der Waals surface area contributed by atoms with Crippen LogP contribution in [0.25, 0.3) is 0 Å². The van der Waals surface area contributed by atoms with Crippen LogP contribution in [0.4, 0.5) is 5.69 Å². The fraction of sp³-hybridized carbons (Fsp3) is 0.0909. The van der Waals surface area contributed by atoms with Gasteiger partial charge in [0.2, 0.25) is 0 Å². The summed E-state index contributed by atoms with van der Waals surface area (Å²) in [4.78, 5) is 0.695. The molecular weight excluding hydrogens is 306 g/mol. The molecule has 84 valence electrons. The molecule has 16 heavy (non-hydrogen) atoms. The highest BCUT2D eigenvalue weighted by atomic mass is 79.9. The lowest BCUT2D eigenvalue weighted by Crippen LogP contribution is -2.00. The van der Waals surface area contributed by atoms with Crippen LogP contribution in [0.1, 0.15) is 5.56 Å². The van der Waals surface area contributed by atoms with Gasteiger partial charge in [-0.05, 0) is 40.6 Å². The number of anilines is 1. The van der Waals surface area contributed by atoms with Gasteiger partial charge in [0.1, 0.15) is 0 Å². The van der Waals surface area contributed by atoms with Crippen molar-refractivity contribution in [2.24, 2.45) is 0 Å². The molecule has 2 aromatic rings. The lowest BCUT2D eigenvalue weighted by molar-refractivity contribution is 0.683. The summed E-state index contributed by atoms with van der Waals surface area (Å²) in [6.45, 7) is 0. The van der Waals surface area contributed by atoms with Crippen LogP contribution in [0, 0.1) is 0 Å². The maximum absolute atomic E-state index is 12.1. The molecule has 2 rings (SSSR count). The first kappa shape index (κ1) is 11.8. The van der Waals surface area contributed by atoms with Crippen LogP contribution >= 0.6 is 27.3 Å². The normalized spacial score (nSPS) is 12.6. The molecule has 0 radical (unpaired) electrons. The predicted molar refractivity (Wildman–Crippen MR) is 73.0 cm³/mol. The monoisotopic (exact) mass is 315 g/mol. The standard InChI is InChI=1S/C11H10BrNOS2/c12-9-1-2-10(13)11(5-9)16(14)7-8-3-4-15-6-8/h1-6H,7,13H2. The number of halogens is 1. The van der Waals surface area contributed by atoms with Crippen molar-refractivity contribution in [1.82, 2.24) is 0 Å². The number of hydrogen-bond acceptors (Lipinski definition) is 3. The zero-order valence-corrected chi connectivity index (χ0v) is 11.6. The van der Waals surface area contributed by atoms with E-state index in [9.17, 15) is 4.21 Å². The predicted octanol–water partition coefficient (Wildman–Crippen LogP) is 3.40. The van der Waals surface area contributed by atoms with Crippen molar-refractivity contribution in [1.29, 1.82) is 0 Å². The van der Waals surface area contributed by atoms with E-state index in [0.29, 0.717) is 16.3 Å². The second kappa shape index (κ2) is 5.12. The average Bonchev–Trinajstić information content (AvgIpc) is 2.74. The van der Waals surface area contributed by atoms with Gasteiger partial charge < -0.3 is 5.73 Å². The number of nitrogens with two attached hydrogens (primary N) is 1. The van der Waals surface area contributed by atoms with Crippen molar-refractivity contribution < 1.29 is 4.21 Å². The lowest BCUT2D eigenvalue weighted by atomic mass is 10.3. The van der Waals surface area contributed by atoms with E-state index in [4.69, 9.17) is 5.73 Å². The third-order valence-corrected chi connectivity index (χ3v) is 4.76. The van der Waals surface area contributed by atoms with Gasteiger partial charge in [0.15, 0.2) is 0 Å². The molecule has 0 spiro atoms. The van der Waals surface area contributed by atoms with E-state index >= 15 is 0 Å². The minimum absolute atomic E-state index is 0.518. The van der Waals surface area contributed by atoms with Gasteiger partial charge >= 0.3 is 0 Å². The van der Waals surface area contributed by atoms with Crippen molar-refractivity contribution in [2.45, 2.75) is 10.6 Å². The molecule has 5 heteroatoms. The minimum Gasteiger partial charge on any atom is -0.398 e. The number of nitrogen functional groups attached to an aromatic ring is 1. The first-order valence-corrected chi connectivity index (χ1v) is 7.67. The van der Waals surface area contributed by atoms with Crippen molar-refractivity contribution >= 4 is 43.8 Å². The third kappa shape index (κ3) is 2.72. The van der Waals surface area contributed by atoms with Crippen LogP contribution in [0.2, 0.25) is 0 Å². The van der Waals surface area contributed by atoms with Crippen molar-refractivity contribution in [3.63, 3.8) is 0 Å². The maximum atomic E-state index is 12.1. The fourth-order valence-electron chi connectivity index (χ4n) is 1.31. The number of rotatable bonds is 3. The summed E-state index contributed by atoms with van der Waals surface area (Å²) in [6.07, 6.45) is 0. The molecule has 0 bridgehead atoms. The molecular formula is C11H10BrNOS2. The number of hydrogen-bond donors (Lipinski definition) is 1. The van der Waals surface area contributed by atoms with Crippen LogP contribution in [-0.2, 0) is 16.6 Å². The summed E-state index contributed by atoms with van der Waals surface area (Å²) in [6, 6.07) is 7.42. The summed E-state index contributed by atoms with van der Waals surface area (Å²) in [5.74, 6) is 0.518. The van der Waals surface area contributed by atoms with Gasteiger partial charge in [-0.15, -0.1) is 0 Å². The van der Waals surface area contributed by atoms with Crippen molar-refractivity contribution in [3.8, 4) is 0 Å². The van der Waals surface area contributed by atoms with Crippen LogP contribution in [0.15, 0.2) is 44.4 Å². The summed E-state index contributed by atoms with van der Waals surface area (Å²) >= 11 is 4.96. The molecule has 0 fully saturated rings. The zero-order valence-electron chi connectivity index (χ0n) is 8.35. The van der Waals surface area contributed by atoms with Gasteiger partial charge in [-0.1, -0.05) is 15.9 Å². The average molecular weight is 316 g/mol. The SMILES string of the molecule is Nc1ccc(Br)cc1S(=O)Cc1ccsc1. The Morgan fingerprint density at radius 3 is 2.88 bits per heavy atom. The Kier molecular flexibility index (Phi) is 3.78.